The summed E-state index contributed by atoms with van der Waals surface area (Å²) < 4.78 is 19.5. The van der Waals surface area contributed by atoms with E-state index in [2.05, 4.69) is 35.5 Å². The number of nitrogens with one attached hydrogen (secondary N) is 3. The number of anilines is 1. The van der Waals surface area contributed by atoms with Gasteiger partial charge >= 0.3 is 0 Å². The van der Waals surface area contributed by atoms with Gasteiger partial charge in [-0.05, 0) is 47.4 Å². The van der Waals surface area contributed by atoms with Crippen molar-refractivity contribution in [3.8, 4) is 39.7 Å². The Labute approximate surface area is 234 Å². The van der Waals surface area contributed by atoms with Gasteiger partial charge in [0.25, 0.3) is 0 Å². The second-order valence-corrected chi connectivity index (χ2v) is 10.9. The molecular formula is C30H27FN8O2. The van der Waals surface area contributed by atoms with E-state index in [1.54, 1.807) is 30.7 Å². The molecule has 5 heterocycles. The molecule has 0 aliphatic carbocycles. The number of H-pyrrole nitrogens is 2. The number of hydrogen-bond acceptors (Lipinski definition) is 7. The molecule has 0 aliphatic heterocycles. The fourth-order valence-corrected chi connectivity index (χ4v) is 4.66. The lowest BCUT2D eigenvalue weighted by molar-refractivity contribution is -0.117. The molecule has 0 bridgehead atoms. The van der Waals surface area contributed by atoms with Crippen LogP contribution >= 0.6 is 0 Å². The number of carbonyl (C=O) groups excluding carboxylic acids is 1. The van der Waals surface area contributed by atoms with Crippen molar-refractivity contribution in [1.29, 1.82) is 0 Å². The Morgan fingerprint density at radius 2 is 1.90 bits per heavy atom. The highest BCUT2D eigenvalue weighted by atomic mass is 19.1. The molecule has 1 amide bonds. The van der Waals surface area contributed by atoms with Gasteiger partial charge in [-0.15, -0.1) is 0 Å². The topological polar surface area (TPSA) is 134 Å². The van der Waals surface area contributed by atoms with E-state index in [0.717, 1.165) is 16.6 Å². The highest BCUT2D eigenvalue weighted by Crippen LogP contribution is 2.33. The highest BCUT2D eigenvalue weighted by Gasteiger charge is 2.19. The van der Waals surface area contributed by atoms with E-state index in [1.807, 2.05) is 39.0 Å². The summed E-state index contributed by atoms with van der Waals surface area (Å²) in [7, 11) is 1.49. The maximum atomic E-state index is 14.3. The monoisotopic (exact) mass is 550 g/mol. The molecule has 6 rings (SSSR count). The zero-order valence-corrected chi connectivity index (χ0v) is 22.9. The molecule has 0 unspecified atom stereocenters. The number of hydrogen-bond donors (Lipinski definition) is 3. The predicted molar refractivity (Wildman–Crippen MR) is 155 cm³/mol. The van der Waals surface area contributed by atoms with Crippen LogP contribution in [0.25, 0.3) is 56.1 Å². The van der Waals surface area contributed by atoms with Crippen molar-refractivity contribution in [3.05, 3.63) is 66.9 Å². The third-order valence-corrected chi connectivity index (χ3v) is 6.45. The van der Waals surface area contributed by atoms with Crippen LogP contribution in [-0.4, -0.2) is 48.1 Å². The van der Waals surface area contributed by atoms with Crippen molar-refractivity contribution in [1.82, 2.24) is 35.1 Å². The van der Waals surface area contributed by atoms with E-state index < -0.39 is 5.82 Å². The highest BCUT2D eigenvalue weighted by molar-refractivity contribution is 5.95. The van der Waals surface area contributed by atoms with Crippen LogP contribution in [0.2, 0.25) is 0 Å². The first-order valence-electron chi connectivity index (χ1n) is 13.0. The van der Waals surface area contributed by atoms with E-state index in [9.17, 15) is 9.18 Å². The summed E-state index contributed by atoms with van der Waals surface area (Å²) in [6, 6.07) is 11.9. The van der Waals surface area contributed by atoms with Crippen LogP contribution in [0.5, 0.6) is 5.75 Å². The van der Waals surface area contributed by atoms with E-state index in [4.69, 9.17) is 9.72 Å². The van der Waals surface area contributed by atoms with Gasteiger partial charge in [0, 0.05) is 36.0 Å². The lowest BCUT2D eigenvalue weighted by Crippen LogP contribution is -2.19. The largest absolute Gasteiger partial charge is 0.497 e. The van der Waals surface area contributed by atoms with Crippen molar-refractivity contribution < 1.29 is 13.9 Å². The number of methoxy groups -OCH3 is 1. The first-order valence-corrected chi connectivity index (χ1v) is 13.0. The smallest absolute Gasteiger partial charge is 0.224 e. The van der Waals surface area contributed by atoms with Gasteiger partial charge in [0.2, 0.25) is 5.91 Å². The first-order chi connectivity index (χ1) is 19.7. The zero-order chi connectivity index (χ0) is 28.7. The number of carbonyl (C=O) groups is 1. The maximum absolute atomic E-state index is 14.3. The Hall–Kier alpha value is -5.19. The molecule has 0 radical (unpaired) electrons. The Bertz CT molecular complexity index is 1920. The molecule has 0 saturated carbocycles. The number of halogens is 1. The SMILES string of the molecule is COc1cc(F)cc(-c2ccnc3nc(-c4n[nH]c5ccc(-c6cncc(NC(=O)CC(C)(C)C)c6)nc45)[nH]c23)c1. The molecule has 0 aliphatic rings. The number of nitrogens with zero attached hydrogens (tertiary/aromatic N) is 5. The molecule has 6 aromatic rings. The third kappa shape index (κ3) is 5.33. The van der Waals surface area contributed by atoms with Gasteiger partial charge in [-0.1, -0.05) is 20.8 Å². The quantitative estimate of drug-likeness (QED) is 0.226. The molecule has 3 N–H and O–H groups in total. The number of rotatable bonds is 6. The van der Waals surface area contributed by atoms with Gasteiger partial charge < -0.3 is 15.0 Å². The second kappa shape index (κ2) is 10.1. The number of aromatic nitrogens is 7. The first kappa shape index (κ1) is 26.1. The number of ether oxygens (including phenoxy) is 1. The summed E-state index contributed by atoms with van der Waals surface area (Å²) >= 11 is 0. The van der Waals surface area contributed by atoms with E-state index >= 15 is 0 Å². The summed E-state index contributed by atoms with van der Waals surface area (Å²) in [5.74, 6) is 0.380. The summed E-state index contributed by atoms with van der Waals surface area (Å²) in [5.41, 5.74) is 6.10. The van der Waals surface area contributed by atoms with E-state index in [1.165, 1.54) is 19.2 Å². The molecule has 10 nitrogen and oxygen atoms in total. The van der Waals surface area contributed by atoms with Crippen molar-refractivity contribution >= 4 is 33.8 Å². The number of fused-ring (bicyclic) bond motifs is 2. The number of aromatic amines is 2. The van der Waals surface area contributed by atoms with Crippen LogP contribution in [0.4, 0.5) is 10.1 Å². The van der Waals surface area contributed by atoms with Gasteiger partial charge in [-0.3, -0.25) is 14.9 Å². The zero-order valence-electron chi connectivity index (χ0n) is 22.9. The van der Waals surface area contributed by atoms with Crippen LogP contribution in [0.15, 0.2) is 61.1 Å². The summed E-state index contributed by atoms with van der Waals surface area (Å²) in [6.45, 7) is 6.04. The lowest BCUT2D eigenvalue weighted by atomic mass is 9.92. The molecule has 5 aromatic heterocycles. The van der Waals surface area contributed by atoms with Gasteiger partial charge in [-0.2, -0.15) is 5.10 Å². The number of amides is 1. The van der Waals surface area contributed by atoms with Crippen LogP contribution in [0.3, 0.4) is 0 Å². The van der Waals surface area contributed by atoms with Crippen LogP contribution in [0.1, 0.15) is 27.2 Å². The second-order valence-electron chi connectivity index (χ2n) is 10.9. The lowest BCUT2D eigenvalue weighted by Gasteiger charge is -2.17. The predicted octanol–water partition coefficient (Wildman–Crippen LogP) is 6.15. The summed E-state index contributed by atoms with van der Waals surface area (Å²) in [6.07, 6.45) is 5.32. The van der Waals surface area contributed by atoms with Crippen molar-refractivity contribution in [2.24, 2.45) is 5.41 Å². The minimum absolute atomic E-state index is 0.0773. The number of benzene rings is 1. The molecule has 0 saturated heterocycles. The van der Waals surface area contributed by atoms with Gasteiger partial charge in [0.1, 0.15) is 17.1 Å². The Morgan fingerprint density at radius 3 is 2.71 bits per heavy atom. The van der Waals surface area contributed by atoms with Crippen LogP contribution < -0.4 is 10.1 Å². The van der Waals surface area contributed by atoms with Gasteiger partial charge in [-0.25, -0.2) is 19.3 Å². The molecule has 41 heavy (non-hydrogen) atoms. The molecule has 1 aromatic carbocycles. The average Bonchev–Trinajstić information content (AvgIpc) is 3.55. The maximum Gasteiger partial charge on any atom is 0.224 e. The Kier molecular flexibility index (Phi) is 6.41. The Morgan fingerprint density at radius 1 is 1.05 bits per heavy atom. The fraction of sp³-hybridized carbons (Fsp3) is 0.200. The molecule has 0 atom stereocenters. The number of pyridine rings is 3. The van der Waals surface area contributed by atoms with Crippen molar-refractivity contribution in [2.75, 3.05) is 12.4 Å². The molecule has 206 valence electrons. The summed E-state index contributed by atoms with van der Waals surface area (Å²) in [4.78, 5) is 34.0. The minimum atomic E-state index is -0.411. The van der Waals surface area contributed by atoms with E-state index in [-0.39, 0.29) is 11.3 Å². The molecule has 0 fully saturated rings. The molecule has 11 heteroatoms. The van der Waals surface area contributed by atoms with Gasteiger partial charge in [0.05, 0.1) is 35.7 Å². The van der Waals surface area contributed by atoms with Crippen molar-refractivity contribution in [3.63, 3.8) is 0 Å². The third-order valence-electron chi connectivity index (χ3n) is 6.45. The minimum Gasteiger partial charge on any atom is -0.497 e. The summed E-state index contributed by atoms with van der Waals surface area (Å²) in [5, 5.41) is 10.4. The van der Waals surface area contributed by atoms with E-state index in [0.29, 0.717) is 57.3 Å². The van der Waals surface area contributed by atoms with Gasteiger partial charge in [0.15, 0.2) is 17.2 Å². The average molecular weight is 551 g/mol. The van der Waals surface area contributed by atoms with Crippen molar-refractivity contribution in [2.45, 2.75) is 27.2 Å². The fourth-order valence-electron chi connectivity index (χ4n) is 4.66. The standard InChI is InChI=1S/C30H27FN8O2/c1-30(2,3)13-24(40)34-19-10-17(14-32-15-19)22-5-6-23-26(35-22)27(39-38-23)29-36-25-21(7-8-33-28(25)37-29)16-9-18(31)12-20(11-16)41-4/h5-12,14-15H,13H2,1-4H3,(H,34,40)(H,38,39)(H,33,36,37). The Balaban J connectivity index is 1.37. The normalized spacial score (nSPS) is 11.7. The molecular weight excluding hydrogens is 523 g/mol. The number of imidazole rings is 1. The van der Waals surface area contributed by atoms with Crippen LogP contribution in [0, 0.1) is 11.2 Å². The van der Waals surface area contributed by atoms with Crippen LogP contribution in [-0.2, 0) is 4.79 Å². The molecule has 0 spiro atoms.